The molecule has 1 aliphatic carbocycles. The number of aromatic nitrogens is 2. The summed E-state index contributed by atoms with van der Waals surface area (Å²) in [5.41, 5.74) is 9.70. The maximum Gasteiger partial charge on any atom is 0.120 e. The van der Waals surface area contributed by atoms with Gasteiger partial charge in [0.25, 0.3) is 0 Å². The van der Waals surface area contributed by atoms with Crippen molar-refractivity contribution in [2.45, 2.75) is 77.4 Å². The molecule has 3 aromatic heterocycles. The SMILES string of the molecule is CC(C)(c1ccccc1)c1cc[c-]c(-c2ccc([Si](C)(C)C)cn2)c1.[Ir].[c-]1ccc2c(oc3ccccc32)c1-c1cc(CC2CCCCC2)ccn1. The van der Waals surface area contributed by atoms with Crippen LogP contribution in [0.15, 0.2) is 126 Å². The number of hydrogen-bond acceptors (Lipinski definition) is 3. The van der Waals surface area contributed by atoms with Crippen molar-refractivity contribution in [1.29, 1.82) is 0 Å². The second-order valence-electron chi connectivity index (χ2n) is 15.6. The number of para-hydroxylation sites is 1. The normalized spacial score (nSPS) is 13.7. The van der Waals surface area contributed by atoms with E-state index in [0.717, 1.165) is 56.8 Å². The Labute approximate surface area is 324 Å². The number of furan rings is 1. The molecule has 4 aromatic carbocycles. The van der Waals surface area contributed by atoms with Crippen LogP contribution < -0.4 is 5.19 Å². The minimum absolute atomic E-state index is 0. The fourth-order valence-corrected chi connectivity index (χ4v) is 8.40. The van der Waals surface area contributed by atoms with Gasteiger partial charge >= 0.3 is 0 Å². The van der Waals surface area contributed by atoms with Crippen molar-refractivity contribution in [2.24, 2.45) is 5.92 Å². The van der Waals surface area contributed by atoms with Crippen LogP contribution in [0, 0.1) is 18.1 Å². The van der Waals surface area contributed by atoms with Gasteiger partial charge in [0.15, 0.2) is 0 Å². The van der Waals surface area contributed by atoms with Crippen LogP contribution in [0.1, 0.15) is 62.6 Å². The van der Waals surface area contributed by atoms with Crippen molar-refractivity contribution in [3.05, 3.63) is 150 Å². The molecule has 0 aliphatic heterocycles. The predicted molar refractivity (Wildman–Crippen MR) is 216 cm³/mol. The summed E-state index contributed by atoms with van der Waals surface area (Å²) >= 11 is 0. The van der Waals surface area contributed by atoms with Crippen LogP contribution >= 0.6 is 0 Å². The van der Waals surface area contributed by atoms with Crippen LogP contribution in [0.2, 0.25) is 19.6 Å². The number of rotatable bonds is 7. The summed E-state index contributed by atoms with van der Waals surface area (Å²) in [7, 11) is -1.31. The summed E-state index contributed by atoms with van der Waals surface area (Å²) in [6.07, 6.45) is 12.0. The van der Waals surface area contributed by atoms with E-state index in [1.807, 2.05) is 36.7 Å². The Kier molecular flexibility index (Phi) is 11.7. The Morgan fingerprint density at radius 1 is 0.731 bits per heavy atom. The first kappa shape index (κ1) is 37.6. The molecule has 3 heterocycles. The molecular formula is C47H48IrN2OSi-2. The number of fused-ring (bicyclic) bond motifs is 3. The minimum Gasteiger partial charge on any atom is -0.501 e. The predicted octanol–water partition coefficient (Wildman–Crippen LogP) is 12.0. The molecule has 52 heavy (non-hydrogen) atoms. The third kappa shape index (κ3) is 8.39. The fourth-order valence-electron chi connectivity index (χ4n) is 7.36. The summed E-state index contributed by atoms with van der Waals surface area (Å²) in [6, 6.07) is 44.8. The van der Waals surface area contributed by atoms with Gasteiger partial charge in [0.05, 0.1) is 13.7 Å². The fraction of sp³-hybridized carbons (Fsp3) is 0.277. The maximum absolute atomic E-state index is 6.16. The van der Waals surface area contributed by atoms with Gasteiger partial charge in [-0.15, -0.1) is 53.6 Å². The molecule has 0 atom stereocenters. The Bertz CT molecular complexity index is 2230. The Morgan fingerprint density at radius 3 is 2.23 bits per heavy atom. The number of benzene rings is 4. The van der Waals surface area contributed by atoms with Gasteiger partial charge in [-0.05, 0) is 52.0 Å². The van der Waals surface area contributed by atoms with E-state index in [-0.39, 0.29) is 25.5 Å². The summed E-state index contributed by atoms with van der Waals surface area (Å²) in [5, 5.41) is 3.67. The van der Waals surface area contributed by atoms with Crippen LogP contribution in [0.5, 0.6) is 0 Å². The zero-order chi connectivity index (χ0) is 35.4. The molecular weight excluding hydrogens is 829 g/mol. The molecule has 0 saturated heterocycles. The monoisotopic (exact) mass is 877 g/mol. The van der Waals surface area contributed by atoms with Crippen LogP contribution in [0.3, 0.4) is 0 Å². The van der Waals surface area contributed by atoms with Gasteiger partial charge < -0.3 is 14.4 Å². The summed E-state index contributed by atoms with van der Waals surface area (Å²) < 4.78 is 6.16. The third-order valence-electron chi connectivity index (χ3n) is 10.6. The molecule has 267 valence electrons. The molecule has 8 rings (SSSR count). The molecule has 0 amide bonds. The van der Waals surface area contributed by atoms with Gasteiger partial charge in [-0.25, -0.2) is 0 Å². The zero-order valence-corrected chi connectivity index (χ0v) is 34.4. The average Bonchev–Trinajstić information content (AvgIpc) is 3.55. The van der Waals surface area contributed by atoms with Crippen molar-refractivity contribution in [2.75, 3.05) is 0 Å². The Hall–Kier alpha value is -4.15. The molecule has 1 aliphatic rings. The summed E-state index contributed by atoms with van der Waals surface area (Å²) in [6.45, 7) is 11.6. The van der Waals surface area contributed by atoms with Gasteiger partial charge in [0, 0.05) is 37.9 Å². The molecule has 0 unspecified atom stereocenters. The molecule has 5 heteroatoms. The van der Waals surface area contributed by atoms with E-state index in [1.54, 1.807) is 0 Å². The molecule has 1 radical (unpaired) electrons. The van der Waals surface area contributed by atoms with E-state index >= 15 is 0 Å². The second-order valence-corrected chi connectivity index (χ2v) is 20.7. The molecule has 1 saturated carbocycles. The first-order valence-corrected chi connectivity index (χ1v) is 22.0. The van der Waals surface area contributed by atoms with E-state index in [4.69, 9.17) is 9.40 Å². The molecule has 0 N–H and O–H groups in total. The molecule has 0 bridgehead atoms. The van der Waals surface area contributed by atoms with Crippen LogP contribution in [-0.4, -0.2) is 18.0 Å². The van der Waals surface area contributed by atoms with Gasteiger partial charge in [-0.3, -0.25) is 0 Å². The quantitative estimate of drug-likeness (QED) is 0.118. The number of pyridine rings is 2. The maximum atomic E-state index is 6.16. The van der Waals surface area contributed by atoms with Crippen LogP contribution in [-0.2, 0) is 31.9 Å². The smallest absolute Gasteiger partial charge is 0.120 e. The summed E-state index contributed by atoms with van der Waals surface area (Å²) in [4.78, 5) is 9.35. The topological polar surface area (TPSA) is 38.9 Å². The van der Waals surface area contributed by atoms with E-state index in [2.05, 4.69) is 136 Å². The Morgan fingerprint density at radius 2 is 1.48 bits per heavy atom. The van der Waals surface area contributed by atoms with Crippen LogP contribution in [0.25, 0.3) is 44.5 Å². The molecule has 3 nitrogen and oxygen atoms in total. The van der Waals surface area contributed by atoms with Crippen molar-refractivity contribution in [1.82, 2.24) is 9.97 Å². The van der Waals surface area contributed by atoms with Crippen molar-refractivity contribution < 1.29 is 24.5 Å². The molecule has 1 fully saturated rings. The summed E-state index contributed by atoms with van der Waals surface area (Å²) in [5.74, 6) is 0.824. The Balaban J connectivity index is 0.000000175. The van der Waals surface area contributed by atoms with Gasteiger partial charge in [-0.1, -0.05) is 149 Å². The van der Waals surface area contributed by atoms with E-state index in [1.165, 1.54) is 54.0 Å². The molecule has 7 aromatic rings. The zero-order valence-electron chi connectivity index (χ0n) is 31.0. The van der Waals surface area contributed by atoms with Crippen LogP contribution in [0.4, 0.5) is 0 Å². The third-order valence-corrected chi connectivity index (χ3v) is 12.6. The van der Waals surface area contributed by atoms with E-state index in [0.29, 0.717) is 0 Å². The largest absolute Gasteiger partial charge is 0.501 e. The molecule has 0 spiro atoms. The minimum atomic E-state index is -1.31. The van der Waals surface area contributed by atoms with Crippen molar-refractivity contribution >= 4 is 35.2 Å². The standard InChI is InChI=1S/C24H22NO.C23H26NSi.Ir/c1-2-7-17(8-3-1)15-18-13-14-25-22(16-18)21-11-6-10-20-19-9-4-5-12-23(19)26-24(20)21;1-23(2,19-11-7-6-8-12-19)20-13-9-10-18(16-20)22-15-14-21(17-24-22)25(3,4)5;/h4-6,9-10,12-14,16-17H,1-3,7-8,15H2;6-9,11-17H,1-5H3;/q2*-1;. The first-order valence-electron chi connectivity index (χ1n) is 18.5. The number of nitrogens with zero attached hydrogens (tertiary/aromatic N) is 2. The van der Waals surface area contributed by atoms with Gasteiger partial charge in [0.2, 0.25) is 0 Å². The second kappa shape index (κ2) is 16.2. The average molecular weight is 877 g/mol. The van der Waals surface area contributed by atoms with Gasteiger partial charge in [-0.2, -0.15) is 0 Å². The van der Waals surface area contributed by atoms with Crippen molar-refractivity contribution in [3.8, 4) is 22.5 Å². The number of hydrogen-bond donors (Lipinski definition) is 0. The van der Waals surface area contributed by atoms with E-state index < -0.39 is 8.07 Å². The van der Waals surface area contributed by atoms with Gasteiger partial charge in [0.1, 0.15) is 5.58 Å². The van der Waals surface area contributed by atoms with E-state index in [9.17, 15) is 0 Å². The first-order chi connectivity index (χ1) is 24.7. The van der Waals surface area contributed by atoms with Crippen molar-refractivity contribution in [3.63, 3.8) is 0 Å².